The SMILES string of the molecule is Oc1cccc(-c2nc3c(C(F)(F)F)cccc3cc2-c2ccccc2)c1. The largest absolute Gasteiger partial charge is 0.508 e. The third-order valence-electron chi connectivity index (χ3n) is 4.36. The van der Waals surface area contributed by atoms with Gasteiger partial charge in [0.05, 0.1) is 16.8 Å². The monoisotopic (exact) mass is 365 g/mol. The first kappa shape index (κ1) is 17.1. The summed E-state index contributed by atoms with van der Waals surface area (Å²) >= 11 is 0. The lowest BCUT2D eigenvalue weighted by molar-refractivity contribution is -0.136. The Morgan fingerprint density at radius 2 is 1.44 bits per heavy atom. The summed E-state index contributed by atoms with van der Waals surface area (Å²) in [4.78, 5) is 4.40. The van der Waals surface area contributed by atoms with Crippen molar-refractivity contribution in [3.05, 3.63) is 84.4 Å². The van der Waals surface area contributed by atoms with Crippen molar-refractivity contribution in [3.8, 4) is 28.1 Å². The minimum absolute atomic E-state index is 0.0255. The van der Waals surface area contributed by atoms with E-state index in [9.17, 15) is 18.3 Å². The fourth-order valence-corrected chi connectivity index (χ4v) is 3.14. The van der Waals surface area contributed by atoms with E-state index in [1.165, 1.54) is 18.2 Å². The number of rotatable bonds is 2. The van der Waals surface area contributed by atoms with Gasteiger partial charge in [-0.05, 0) is 29.8 Å². The first-order valence-corrected chi connectivity index (χ1v) is 8.29. The average molecular weight is 365 g/mol. The maximum Gasteiger partial charge on any atom is 0.418 e. The number of alkyl halides is 3. The van der Waals surface area contributed by atoms with Crippen molar-refractivity contribution in [2.75, 3.05) is 0 Å². The minimum Gasteiger partial charge on any atom is -0.508 e. The number of halogens is 3. The molecule has 0 spiro atoms. The van der Waals surface area contributed by atoms with E-state index in [1.54, 1.807) is 24.3 Å². The molecule has 134 valence electrons. The molecular formula is C22H14F3NO. The highest BCUT2D eigenvalue weighted by Crippen LogP contribution is 2.39. The number of fused-ring (bicyclic) bond motifs is 1. The van der Waals surface area contributed by atoms with Crippen LogP contribution < -0.4 is 0 Å². The first-order valence-electron chi connectivity index (χ1n) is 8.29. The van der Waals surface area contributed by atoms with Gasteiger partial charge in [0.15, 0.2) is 0 Å². The van der Waals surface area contributed by atoms with Crippen LogP contribution in [0.15, 0.2) is 78.9 Å². The Balaban J connectivity index is 2.08. The number of para-hydroxylation sites is 1. The van der Waals surface area contributed by atoms with Gasteiger partial charge in [0, 0.05) is 16.5 Å². The van der Waals surface area contributed by atoms with Gasteiger partial charge in [0.25, 0.3) is 0 Å². The normalized spacial score (nSPS) is 11.7. The molecule has 0 fully saturated rings. The molecule has 2 nitrogen and oxygen atoms in total. The number of phenols is 1. The van der Waals surface area contributed by atoms with Crippen LogP contribution in [0.25, 0.3) is 33.3 Å². The van der Waals surface area contributed by atoms with Crippen molar-refractivity contribution >= 4 is 10.9 Å². The van der Waals surface area contributed by atoms with E-state index in [2.05, 4.69) is 4.98 Å². The van der Waals surface area contributed by atoms with Crippen molar-refractivity contribution < 1.29 is 18.3 Å². The van der Waals surface area contributed by atoms with E-state index < -0.39 is 11.7 Å². The molecule has 0 unspecified atom stereocenters. The number of aromatic nitrogens is 1. The highest BCUT2D eigenvalue weighted by molar-refractivity contribution is 5.93. The van der Waals surface area contributed by atoms with Gasteiger partial charge < -0.3 is 5.11 Å². The van der Waals surface area contributed by atoms with E-state index in [0.717, 1.165) is 11.6 Å². The Hall–Kier alpha value is -3.34. The minimum atomic E-state index is -4.50. The first-order chi connectivity index (χ1) is 12.9. The summed E-state index contributed by atoms with van der Waals surface area (Å²) in [5, 5.41) is 10.2. The van der Waals surface area contributed by atoms with Gasteiger partial charge in [-0.1, -0.05) is 54.6 Å². The van der Waals surface area contributed by atoms with Gasteiger partial charge >= 0.3 is 6.18 Å². The van der Waals surface area contributed by atoms with Crippen LogP contribution in [0.3, 0.4) is 0 Å². The van der Waals surface area contributed by atoms with Crippen LogP contribution in [-0.4, -0.2) is 10.1 Å². The van der Waals surface area contributed by atoms with Crippen molar-refractivity contribution in [1.29, 1.82) is 0 Å². The smallest absolute Gasteiger partial charge is 0.418 e. The van der Waals surface area contributed by atoms with Crippen LogP contribution >= 0.6 is 0 Å². The second kappa shape index (κ2) is 6.43. The van der Waals surface area contributed by atoms with Crippen molar-refractivity contribution in [1.82, 2.24) is 4.98 Å². The summed E-state index contributed by atoms with van der Waals surface area (Å²) in [6.07, 6.45) is -4.50. The Morgan fingerprint density at radius 3 is 2.15 bits per heavy atom. The zero-order chi connectivity index (χ0) is 19.0. The fourth-order valence-electron chi connectivity index (χ4n) is 3.14. The van der Waals surface area contributed by atoms with Gasteiger partial charge in [0.1, 0.15) is 5.75 Å². The lowest BCUT2D eigenvalue weighted by Crippen LogP contribution is -2.07. The van der Waals surface area contributed by atoms with E-state index >= 15 is 0 Å². The molecule has 0 aliphatic rings. The highest BCUT2D eigenvalue weighted by Gasteiger charge is 2.33. The van der Waals surface area contributed by atoms with Crippen LogP contribution in [0, 0.1) is 0 Å². The number of hydrogen-bond acceptors (Lipinski definition) is 2. The molecule has 1 aromatic heterocycles. The lowest BCUT2D eigenvalue weighted by atomic mass is 9.96. The third kappa shape index (κ3) is 3.24. The number of pyridine rings is 1. The Kier molecular flexibility index (Phi) is 4.07. The van der Waals surface area contributed by atoms with Gasteiger partial charge in [-0.2, -0.15) is 13.2 Å². The molecular weight excluding hydrogens is 351 g/mol. The fraction of sp³-hybridized carbons (Fsp3) is 0.0455. The second-order valence-electron chi connectivity index (χ2n) is 6.18. The molecule has 5 heteroatoms. The lowest BCUT2D eigenvalue weighted by Gasteiger charge is -2.15. The standard InChI is InChI=1S/C22H14F3NO/c23-22(24,25)19-11-5-9-16-13-18(14-6-2-1-3-7-14)20(26-21(16)19)15-8-4-10-17(27)12-15/h1-13,27H. The summed E-state index contributed by atoms with van der Waals surface area (Å²) in [5.74, 6) is 0.0255. The van der Waals surface area contributed by atoms with E-state index in [0.29, 0.717) is 22.2 Å². The van der Waals surface area contributed by atoms with Crippen molar-refractivity contribution in [2.45, 2.75) is 6.18 Å². The van der Waals surface area contributed by atoms with Crippen molar-refractivity contribution in [3.63, 3.8) is 0 Å². The molecule has 0 aliphatic carbocycles. The molecule has 0 amide bonds. The molecule has 4 rings (SSSR count). The summed E-state index contributed by atoms with van der Waals surface area (Å²) in [5.41, 5.74) is 1.59. The van der Waals surface area contributed by atoms with Gasteiger partial charge in [-0.3, -0.25) is 0 Å². The Bertz CT molecular complexity index is 1120. The Morgan fingerprint density at radius 1 is 0.741 bits per heavy atom. The molecule has 27 heavy (non-hydrogen) atoms. The Labute approximate surface area is 153 Å². The van der Waals surface area contributed by atoms with Crippen LogP contribution in [0.4, 0.5) is 13.2 Å². The average Bonchev–Trinajstić information content (AvgIpc) is 2.66. The van der Waals surface area contributed by atoms with Gasteiger partial charge in [0.2, 0.25) is 0 Å². The highest BCUT2D eigenvalue weighted by atomic mass is 19.4. The molecule has 1 N–H and O–H groups in total. The third-order valence-corrected chi connectivity index (χ3v) is 4.36. The van der Waals surface area contributed by atoms with Crippen LogP contribution in [0.5, 0.6) is 5.75 Å². The number of nitrogens with zero attached hydrogens (tertiary/aromatic N) is 1. The number of hydrogen-bond donors (Lipinski definition) is 1. The van der Waals surface area contributed by atoms with E-state index in [-0.39, 0.29) is 11.3 Å². The molecule has 0 saturated heterocycles. The van der Waals surface area contributed by atoms with Crippen LogP contribution in [0.2, 0.25) is 0 Å². The van der Waals surface area contributed by atoms with Gasteiger partial charge in [-0.25, -0.2) is 4.98 Å². The summed E-state index contributed by atoms with van der Waals surface area (Å²) in [6.45, 7) is 0. The zero-order valence-electron chi connectivity index (χ0n) is 14.0. The van der Waals surface area contributed by atoms with Crippen molar-refractivity contribution in [2.24, 2.45) is 0 Å². The predicted octanol–water partition coefficient (Wildman–Crippen LogP) is 6.29. The molecule has 4 aromatic rings. The number of phenolic OH excluding ortho intramolecular Hbond substituents is 1. The number of benzene rings is 3. The van der Waals surface area contributed by atoms with Gasteiger partial charge in [-0.15, -0.1) is 0 Å². The molecule has 0 aliphatic heterocycles. The molecule has 1 heterocycles. The maximum atomic E-state index is 13.5. The summed E-state index contributed by atoms with van der Waals surface area (Å²) in [6, 6.07) is 21.5. The molecule has 0 saturated carbocycles. The van der Waals surface area contributed by atoms with E-state index in [1.807, 2.05) is 30.3 Å². The zero-order valence-corrected chi connectivity index (χ0v) is 14.0. The summed E-state index contributed by atoms with van der Waals surface area (Å²) < 4.78 is 40.4. The molecule has 0 radical (unpaired) electrons. The second-order valence-corrected chi connectivity index (χ2v) is 6.18. The topological polar surface area (TPSA) is 33.1 Å². The van der Waals surface area contributed by atoms with Crippen LogP contribution in [-0.2, 0) is 6.18 Å². The predicted molar refractivity (Wildman–Crippen MR) is 99.3 cm³/mol. The molecule has 0 bridgehead atoms. The number of aromatic hydroxyl groups is 1. The van der Waals surface area contributed by atoms with E-state index in [4.69, 9.17) is 0 Å². The molecule has 0 atom stereocenters. The van der Waals surface area contributed by atoms with Crippen LogP contribution in [0.1, 0.15) is 5.56 Å². The molecule has 3 aromatic carbocycles. The maximum absolute atomic E-state index is 13.5. The quantitative estimate of drug-likeness (QED) is 0.453. The summed E-state index contributed by atoms with van der Waals surface area (Å²) in [7, 11) is 0.